The van der Waals surface area contributed by atoms with Gasteiger partial charge in [0.2, 0.25) is 0 Å². The van der Waals surface area contributed by atoms with Crippen LogP contribution in [-0.2, 0) is 9.53 Å². The van der Waals surface area contributed by atoms with Gasteiger partial charge < -0.3 is 4.74 Å². The van der Waals surface area contributed by atoms with Gasteiger partial charge in [0.15, 0.2) is 4.67 Å². The van der Waals surface area contributed by atoms with Crippen molar-refractivity contribution in [2.45, 2.75) is 40.5 Å². The Labute approximate surface area is 121 Å². The number of carbonyl (C=O) groups is 1. The molecule has 0 amide bonds. The number of ether oxygens (including phenoxy) is 1. The van der Waals surface area contributed by atoms with Crippen LogP contribution in [0.4, 0.5) is 0 Å². The van der Waals surface area contributed by atoms with E-state index < -0.39 is 5.97 Å². The molecule has 0 spiro atoms. The molecule has 0 aliphatic carbocycles. The molecule has 2 nitrogen and oxygen atoms in total. The summed E-state index contributed by atoms with van der Waals surface area (Å²) in [5, 5.41) is 0.656. The first-order chi connectivity index (χ1) is 7.81. The van der Waals surface area contributed by atoms with Gasteiger partial charge in [0.05, 0.1) is 5.03 Å². The molecular weight excluding hydrogens is 327 g/mol. The van der Waals surface area contributed by atoms with Gasteiger partial charge in [0.25, 0.3) is 0 Å². The van der Waals surface area contributed by atoms with Crippen molar-refractivity contribution in [2.75, 3.05) is 0 Å². The Morgan fingerprint density at radius 3 is 2.24 bits per heavy atom. The number of carbonyl (C=O) groups excluding carboxylic acids is 1. The lowest BCUT2D eigenvalue weighted by Crippen LogP contribution is -2.00. The van der Waals surface area contributed by atoms with E-state index >= 15 is 0 Å². The summed E-state index contributed by atoms with van der Waals surface area (Å²) in [5.74, 6) is -0.0994. The first-order valence-electron chi connectivity index (χ1n) is 5.41. The fourth-order valence-electron chi connectivity index (χ4n) is 1.30. The summed E-state index contributed by atoms with van der Waals surface area (Å²) in [5.41, 5.74) is 0.989. The number of esters is 1. The van der Waals surface area contributed by atoms with Gasteiger partial charge in [-0.1, -0.05) is 49.0 Å². The van der Waals surface area contributed by atoms with Crippen molar-refractivity contribution < 1.29 is 9.53 Å². The van der Waals surface area contributed by atoms with Crippen molar-refractivity contribution in [1.29, 1.82) is 0 Å². The van der Waals surface area contributed by atoms with Crippen molar-refractivity contribution in [3.63, 3.8) is 0 Å². The smallest absolute Gasteiger partial charge is 0.308 e. The molecule has 0 saturated heterocycles. The highest BCUT2D eigenvalue weighted by Crippen LogP contribution is 2.33. The van der Waals surface area contributed by atoms with Gasteiger partial charge >= 0.3 is 5.97 Å². The maximum atomic E-state index is 10.8. The molecule has 5 heteroatoms. The summed E-state index contributed by atoms with van der Waals surface area (Å²) >= 11 is 15.3. The summed E-state index contributed by atoms with van der Waals surface area (Å²) < 4.78 is 4.98. The fraction of sp³-hybridized carbons (Fsp3) is 0.583. The number of hydrogen-bond donors (Lipinski definition) is 0. The first-order valence-corrected chi connectivity index (χ1v) is 6.96. The van der Waals surface area contributed by atoms with Crippen LogP contribution in [0.3, 0.4) is 0 Å². The van der Waals surface area contributed by atoms with Crippen LogP contribution in [0.5, 0.6) is 0 Å². The average Bonchev–Trinajstić information content (AvgIpc) is 2.25. The third-order valence-electron chi connectivity index (χ3n) is 2.41. The highest BCUT2D eigenvalue weighted by Gasteiger charge is 2.14. The monoisotopic (exact) mass is 342 g/mol. The molecular formula is C12H17BrCl2O2. The molecule has 1 unspecified atom stereocenters. The fourth-order valence-corrected chi connectivity index (χ4v) is 2.30. The Bertz CT molecular complexity index is 348. The molecule has 0 heterocycles. The van der Waals surface area contributed by atoms with E-state index in [0.717, 1.165) is 18.4 Å². The predicted octanol–water partition coefficient (Wildman–Crippen LogP) is 5.30. The SMILES string of the molecule is CCCC(C)/C(C)=C(Cl)/C(Cl)=C(\Br)OC(C)=O. The largest absolute Gasteiger partial charge is 0.417 e. The van der Waals surface area contributed by atoms with Gasteiger partial charge in [-0.3, -0.25) is 4.79 Å². The van der Waals surface area contributed by atoms with E-state index in [1.807, 2.05) is 6.92 Å². The van der Waals surface area contributed by atoms with Crippen molar-refractivity contribution in [3.8, 4) is 0 Å². The highest BCUT2D eigenvalue weighted by atomic mass is 79.9. The topological polar surface area (TPSA) is 26.3 Å². The number of hydrogen-bond acceptors (Lipinski definition) is 2. The first kappa shape index (κ1) is 17.0. The van der Waals surface area contributed by atoms with Crippen LogP contribution in [0.2, 0.25) is 0 Å². The standard InChI is InChI=1S/C12H17BrCl2O2/c1-5-6-7(2)8(3)10(14)11(15)12(13)17-9(4)16/h7H,5-6H2,1-4H3/b10-8-,12-11-. The summed E-state index contributed by atoms with van der Waals surface area (Å²) in [6, 6.07) is 0. The van der Waals surface area contributed by atoms with Gasteiger partial charge in [0, 0.05) is 6.92 Å². The van der Waals surface area contributed by atoms with Gasteiger partial charge in [-0.2, -0.15) is 0 Å². The molecule has 0 aromatic rings. The van der Waals surface area contributed by atoms with Crippen LogP contribution in [-0.4, -0.2) is 5.97 Å². The summed E-state index contributed by atoms with van der Waals surface area (Å²) in [4.78, 5) is 10.8. The second kappa shape index (κ2) is 8.17. The normalized spacial score (nSPS) is 15.9. The minimum absolute atomic E-state index is 0.153. The Hall–Kier alpha value is 0.01000. The summed E-state index contributed by atoms with van der Waals surface area (Å²) in [6.45, 7) is 7.43. The van der Waals surface area contributed by atoms with E-state index in [9.17, 15) is 4.79 Å². The Balaban J connectivity index is 5.06. The maximum absolute atomic E-state index is 10.8. The molecule has 0 aromatic carbocycles. The molecule has 0 radical (unpaired) electrons. The van der Waals surface area contributed by atoms with Crippen molar-refractivity contribution in [3.05, 3.63) is 20.3 Å². The van der Waals surface area contributed by atoms with Crippen LogP contribution in [0.1, 0.15) is 40.5 Å². The molecule has 17 heavy (non-hydrogen) atoms. The number of rotatable bonds is 5. The number of allylic oxidation sites excluding steroid dienone is 3. The minimum atomic E-state index is -0.446. The van der Waals surface area contributed by atoms with E-state index in [1.165, 1.54) is 6.92 Å². The molecule has 0 saturated carbocycles. The zero-order valence-corrected chi connectivity index (χ0v) is 13.5. The van der Waals surface area contributed by atoms with E-state index in [2.05, 4.69) is 29.8 Å². The lowest BCUT2D eigenvalue weighted by Gasteiger charge is -2.13. The average molecular weight is 344 g/mol. The van der Waals surface area contributed by atoms with Gasteiger partial charge in [-0.15, -0.1) is 0 Å². The molecule has 0 aliphatic heterocycles. The molecule has 98 valence electrons. The number of halogens is 3. The zero-order chi connectivity index (χ0) is 13.6. The second-order valence-corrected chi connectivity index (χ2v) is 5.34. The Morgan fingerprint density at radius 2 is 1.82 bits per heavy atom. The van der Waals surface area contributed by atoms with Crippen molar-refractivity contribution in [1.82, 2.24) is 0 Å². The van der Waals surface area contributed by atoms with E-state index in [1.54, 1.807) is 0 Å². The lowest BCUT2D eigenvalue weighted by molar-refractivity contribution is -0.135. The predicted molar refractivity (Wildman–Crippen MR) is 76.2 cm³/mol. The Morgan fingerprint density at radius 1 is 1.29 bits per heavy atom. The molecule has 0 fully saturated rings. The molecule has 0 aromatic heterocycles. The van der Waals surface area contributed by atoms with E-state index in [-0.39, 0.29) is 9.70 Å². The second-order valence-electron chi connectivity index (χ2n) is 3.87. The van der Waals surface area contributed by atoms with Gasteiger partial charge in [-0.05, 0) is 35.2 Å². The van der Waals surface area contributed by atoms with Crippen LogP contribution in [0.25, 0.3) is 0 Å². The molecule has 1 atom stereocenters. The molecule has 0 rings (SSSR count). The van der Waals surface area contributed by atoms with Crippen LogP contribution >= 0.6 is 39.1 Å². The molecule has 0 bridgehead atoms. The maximum Gasteiger partial charge on any atom is 0.308 e. The van der Waals surface area contributed by atoms with Crippen LogP contribution in [0, 0.1) is 5.92 Å². The summed E-state index contributed by atoms with van der Waals surface area (Å²) in [6.07, 6.45) is 2.12. The van der Waals surface area contributed by atoms with E-state index in [4.69, 9.17) is 27.9 Å². The Kier molecular flexibility index (Phi) is 8.18. The van der Waals surface area contributed by atoms with Crippen molar-refractivity contribution >= 4 is 45.1 Å². The lowest BCUT2D eigenvalue weighted by atomic mass is 9.97. The minimum Gasteiger partial charge on any atom is -0.417 e. The van der Waals surface area contributed by atoms with Crippen LogP contribution in [0.15, 0.2) is 20.3 Å². The summed E-state index contributed by atoms with van der Waals surface area (Å²) in [7, 11) is 0. The third-order valence-corrected chi connectivity index (χ3v) is 4.14. The molecule has 0 aliphatic rings. The van der Waals surface area contributed by atoms with Crippen LogP contribution < -0.4 is 0 Å². The van der Waals surface area contributed by atoms with Crippen molar-refractivity contribution in [2.24, 2.45) is 5.92 Å². The van der Waals surface area contributed by atoms with Gasteiger partial charge in [-0.25, -0.2) is 0 Å². The molecule has 0 N–H and O–H groups in total. The van der Waals surface area contributed by atoms with E-state index in [0.29, 0.717) is 11.0 Å². The quantitative estimate of drug-likeness (QED) is 0.384. The highest BCUT2D eigenvalue weighted by molar-refractivity contribution is 9.11. The third kappa shape index (κ3) is 5.94. The van der Waals surface area contributed by atoms with Gasteiger partial charge in [0.1, 0.15) is 5.03 Å². The zero-order valence-electron chi connectivity index (χ0n) is 10.4.